The molecule has 0 heterocycles. The van der Waals surface area contributed by atoms with E-state index in [1.54, 1.807) is 24.3 Å². The van der Waals surface area contributed by atoms with Crippen molar-refractivity contribution < 1.29 is 18.3 Å². The zero-order valence-electron chi connectivity index (χ0n) is 10.8. The van der Waals surface area contributed by atoms with Crippen LogP contribution >= 0.6 is 0 Å². The third kappa shape index (κ3) is 3.12. The van der Waals surface area contributed by atoms with Crippen molar-refractivity contribution in [3.63, 3.8) is 0 Å². The van der Waals surface area contributed by atoms with Gasteiger partial charge in [0.2, 0.25) is 0 Å². The summed E-state index contributed by atoms with van der Waals surface area (Å²) in [5.74, 6) is -1.71. The smallest absolute Gasteiger partial charge is 0.258 e. The molecular formula is C15H13F2NO2. The molecule has 0 aliphatic heterocycles. The zero-order valence-corrected chi connectivity index (χ0v) is 10.8. The van der Waals surface area contributed by atoms with Gasteiger partial charge in [0, 0.05) is 0 Å². The molecule has 0 unspecified atom stereocenters. The van der Waals surface area contributed by atoms with Gasteiger partial charge in [-0.3, -0.25) is 4.79 Å². The van der Waals surface area contributed by atoms with Gasteiger partial charge in [-0.2, -0.15) is 0 Å². The normalized spacial score (nSPS) is 10.2. The SMILES string of the molecule is CCOc1ccccc1NC(=O)c1cc(F)ccc1F. The topological polar surface area (TPSA) is 38.3 Å². The summed E-state index contributed by atoms with van der Waals surface area (Å²) in [7, 11) is 0. The van der Waals surface area contributed by atoms with Gasteiger partial charge in [-0.1, -0.05) is 12.1 Å². The third-order valence-electron chi connectivity index (χ3n) is 2.61. The quantitative estimate of drug-likeness (QED) is 0.927. The Hall–Kier alpha value is -2.43. The molecular weight excluding hydrogens is 264 g/mol. The van der Waals surface area contributed by atoms with Crippen molar-refractivity contribution in [2.45, 2.75) is 6.92 Å². The molecule has 0 aliphatic rings. The molecule has 0 bridgehead atoms. The number of rotatable bonds is 4. The number of anilines is 1. The summed E-state index contributed by atoms with van der Waals surface area (Å²) in [6, 6.07) is 9.50. The second-order valence-electron chi connectivity index (χ2n) is 4.01. The van der Waals surface area contributed by atoms with Crippen molar-refractivity contribution in [1.29, 1.82) is 0 Å². The number of ether oxygens (including phenoxy) is 1. The number of hydrogen-bond donors (Lipinski definition) is 1. The minimum absolute atomic E-state index is 0.351. The number of benzene rings is 2. The van der Waals surface area contributed by atoms with E-state index in [0.717, 1.165) is 18.2 Å². The predicted octanol–water partition coefficient (Wildman–Crippen LogP) is 3.62. The molecule has 0 aliphatic carbocycles. The summed E-state index contributed by atoms with van der Waals surface area (Å²) < 4.78 is 31.9. The highest BCUT2D eigenvalue weighted by Gasteiger charge is 2.14. The molecule has 3 nitrogen and oxygen atoms in total. The minimum Gasteiger partial charge on any atom is -0.492 e. The molecule has 2 aromatic carbocycles. The van der Waals surface area contributed by atoms with Gasteiger partial charge in [-0.25, -0.2) is 8.78 Å². The minimum atomic E-state index is -0.780. The maximum Gasteiger partial charge on any atom is 0.258 e. The number of amides is 1. The highest BCUT2D eigenvalue weighted by molar-refractivity contribution is 6.05. The highest BCUT2D eigenvalue weighted by Crippen LogP contribution is 2.24. The summed E-state index contributed by atoms with van der Waals surface area (Å²) in [6.07, 6.45) is 0. The molecule has 0 radical (unpaired) electrons. The number of halogens is 2. The second kappa shape index (κ2) is 6.14. The number of nitrogens with one attached hydrogen (secondary N) is 1. The summed E-state index contributed by atoms with van der Waals surface area (Å²) in [5, 5.41) is 2.51. The molecule has 0 fully saturated rings. The molecule has 0 aromatic heterocycles. The van der Waals surface area contributed by atoms with E-state index in [4.69, 9.17) is 4.74 Å². The zero-order chi connectivity index (χ0) is 14.5. The lowest BCUT2D eigenvalue weighted by Gasteiger charge is -2.11. The van der Waals surface area contributed by atoms with Crippen LogP contribution in [0.25, 0.3) is 0 Å². The Balaban J connectivity index is 2.26. The van der Waals surface area contributed by atoms with Crippen LogP contribution in [0.4, 0.5) is 14.5 Å². The number of carbonyl (C=O) groups is 1. The monoisotopic (exact) mass is 277 g/mol. The van der Waals surface area contributed by atoms with Crippen LogP contribution in [0.3, 0.4) is 0 Å². The van der Waals surface area contributed by atoms with Crippen molar-refractivity contribution in [2.75, 3.05) is 11.9 Å². The van der Waals surface area contributed by atoms with Gasteiger partial charge in [-0.15, -0.1) is 0 Å². The van der Waals surface area contributed by atoms with E-state index < -0.39 is 17.5 Å². The van der Waals surface area contributed by atoms with E-state index in [-0.39, 0.29) is 5.56 Å². The van der Waals surface area contributed by atoms with Crippen molar-refractivity contribution in [2.24, 2.45) is 0 Å². The Bertz CT molecular complexity index is 629. The summed E-state index contributed by atoms with van der Waals surface area (Å²) in [4.78, 5) is 12.0. The number of hydrogen-bond acceptors (Lipinski definition) is 2. The van der Waals surface area contributed by atoms with E-state index in [1.165, 1.54) is 0 Å². The Morgan fingerprint density at radius 3 is 2.70 bits per heavy atom. The van der Waals surface area contributed by atoms with Crippen LogP contribution in [-0.2, 0) is 0 Å². The maximum absolute atomic E-state index is 13.5. The largest absolute Gasteiger partial charge is 0.492 e. The first-order valence-electron chi connectivity index (χ1n) is 6.10. The molecule has 0 atom stereocenters. The first kappa shape index (κ1) is 14.0. The van der Waals surface area contributed by atoms with Crippen LogP contribution in [0.1, 0.15) is 17.3 Å². The van der Waals surface area contributed by atoms with Gasteiger partial charge in [0.25, 0.3) is 5.91 Å². The highest BCUT2D eigenvalue weighted by atomic mass is 19.1. The first-order valence-corrected chi connectivity index (χ1v) is 6.10. The van der Waals surface area contributed by atoms with Gasteiger partial charge < -0.3 is 10.1 Å². The first-order chi connectivity index (χ1) is 9.61. The molecule has 20 heavy (non-hydrogen) atoms. The molecule has 0 saturated heterocycles. The van der Waals surface area contributed by atoms with Crippen molar-refractivity contribution in [1.82, 2.24) is 0 Å². The van der Waals surface area contributed by atoms with Crippen LogP contribution in [0.5, 0.6) is 5.75 Å². The van der Waals surface area contributed by atoms with Gasteiger partial charge >= 0.3 is 0 Å². The molecule has 5 heteroatoms. The van der Waals surface area contributed by atoms with Crippen LogP contribution < -0.4 is 10.1 Å². The Kier molecular flexibility index (Phi) is 4.30. The van der Waals surface area contributed by atoms with E-state index in [2.05, 4.69) is 5.32 Å². The van der Waals surface area contributed by atoms with Crippen LogP contribution in [-0.4, -0.2) is 12.5 Å². The maximum atomic E-state index is 13.5. The van der Waals surface area contributed by atoms with Crippen molar-refractivity contribution >= 4 is 11.6 Å². The fourth-order valence-electron chi connectivity index (χ4n) is 1.71. The lowest BCUT2D eigenvalue weighted by atomic mass is 10.2. The fourth-order valence-corrected chi connectivity index (χ4v) is 1.71. The molecule has 2 rings (SSSR count). The van der Waals surface area contributed by atoms with Gasteiger partial charge in [0.05, 0.1) is 17.9 Å². The molecule has 104 valence electrons. The molecule has 0 saturated carbocycles. The lowest BCUT2D eigenvalue weighted by molar-refractivity contribution is 0.102. The standard InChI is InChI=1S/C15H13F2NO2/c1-2-20-14-6-4-3-5-13(14)18-15(19)11-9-10(16)7-8-12(11)17/h3-9H,2H2,1H3,(H,18,19). The van der Waals surface area contributed by atoms with Gasteiger partial charge in [0.15, 0.2) is 0 Å². The average Bonchev–Trinajstić information content (AvgIpc) is 2.44. The van der Waals surface area contributed by atoms with Gasteiger partial charge in [-0.05, 0) is 37.3 Å². The molecule has 1 N–H and O–H groups in total. The molecule has 0 spiro atoms. The van der Waals surface area contributed by atoms with Crippen LogP contribution in [0.2, 0.25) is 0 Å². The van der Waals surface area contributed by atoms with E-state index in [9.17, 15) is 13.6 Å². The Morgan fingerprint density at radius 2 is 1.95 bits per heavy atom. The van der Waals surface area contributed by atoms with Crippen molar-refractivity contribution in [3.8, 4) is 5.75 Å². The molecule has 2 aromatic rings. The second-order valence-corrected chi connectivity index (χ2v) is 4.01. The summed E-state index contributed by atoms with van der Waals surface area (Å²) >= 11 is 0. The Labute approximate surface area is 115 Å². The lowest BCUT2D eigenvalue weighted by Crippen LogP contribution is -2.15. The third-order valence-corrected chi connectivity index (χ3v) is 2.61. The fraction of sp³-hybridized carbons (Fsp3) is 0.133. The van der Waals surface area contributed by atoms with Gasteiger partial charge in [0.1, 0.15) is 17.4 Å². The van der Waals surface area contributed by atoms with E-state index in [1.807, 2.05) is 6.92 Å². The predicted molar refractivity (Wildman–Crippen MR) is 71.9 cm³/mol. The summed E-state index contributed by atoms with van der Waals surface area (Å²) in [6.45, 7) is 2.24. The van der Waals surface area contributed by atoms with Crippen LogP contribution in [0.15, 0.2) is 42.5 Å². The summed E-state index contributed by atoms with van der Waals surface area (Å²) in [5.41, 5.74) is 0.0549. The Morgan fingerprint density at radius 1 is 1.20 bits per heavy atom. The van der Waals surface area contributed by atoms with E-state index in [0.29, 0.717) is 18.0 Å². The van der Waals surface area contributed by atoms with Crippen LogP contribution in [0, 0.1) is 11.6 Å². The average molecular weight is 277 g/mol. The van der Waals surface area contributed by atoms with Crippen molar-refractivity contribution in [3.05, 3.63) is 59.7 Å². The number of carbonyl (C=O) groups excluding carboxylic acids is 1. The van der Waals surface area contributed by atoms with E-state index >= 15 is 0 Å². The molecule has 1 amide bonds. The number of para-hydroxylation sites is 2.